The summed E-state index contributed by atoms with van der Waals surface area (Å²) >= 11 is 0. The third kappa shape index (κ3) is 2.58. The molecule has 92 valence electrons. The first-order valence-electron chi connectivity index (χ1n) is 5.94. The van der Waals surface area contributed by atoms with Gasteiger partial charge in [0.15, 0.2) is 0 Å². The van der Waals surface area contributed by atoms with Gasteiger partial charge in [-0.25, -0.2) is 0 Å². The van der Waals surface area contributed by atoms with Crippen molar-refractivity contribution in [2.75, 3.05) is 24.6 Å². The average Bonchev–Trinajstić information content (AvgIpc) is 2.52. The quantitative estimate of drug-likeness (QED) is 0.791. The number of amides is 1. The van der Waals surface area contributed by atoms with Crippen LogP contribution in [0.3, 0.4) is 0 Å². The zero-order valence-electron chi connectivity index (χ0n) is 10.0. The molecule has 0 radical (unpaired) electrons. The lowest BCUT2D eigenvalue weighted by Gasteiger charge is -2.29. The predicted molar refractivity (Wildman–Crippen MR) is 67.0 cm³/mol. The summed E-state index contributed by atoms with van der Waals surface area (Å²) in [6, 6.07) is 7.56. The molecule has 1 aliphatic rings. The van der Waals surface area contributed by atoms with E-state index >= 15 is 0 Å². The van der Waals surface area contributed by atoms with Gasteiger partial charge in [-0.1, -0.05) is 17.7 Å². The molecule has 1 heterocycles. The fraction of sp³-hybridized carbons (Fsp3) is 0.462. The Hall–Kier alpha value is -1.55. The minimum atomic E-state index is -0.472. The van der Waals surface area contributed by atoms with Crippen LogP contribution in [0.2, 0.25) is 0 Å². The van der Waals surface area contributed by atoms with Crippen molar-refractivity contribution in [1.82, 2.24) is 5.32 Å². The van der Waals surface area contributed by atoms with Gasteiger partial charge >= 0.3 is 0 Å². The predicted octanol–water partition coefficient (Wildman–Crippen LogP) is 0.682. The van der Waals surface area contributed by atoms with Gasteiger partial charge in [-0.15, -0.1) is 0 Å². The van der Waals surface area contributed by atoms with Crippen LogP contribution in [0.4, 0.5) is 5.69 Å². The third-order valence-corrected chi connectivity index (χ3v) is 3.09. The maximum Gasteiger partial charge on any atom is 0.245 e. The van der Waals surface area contributed by atoms with Gasteiger partial charge in [0.05, 0.1) is 6.61 Å². The molecule has 1 aliphatic heterocycles. The second kappa shape index (κ2) is 5.19. The smallest absolute Gasteiger partial charge is 0.245 e. The molecule has 0 saturated carbocycles. The highest BCUT2D eigenvalue weighted by Crippen LogP contribution is 2.19. The van der Waals surface area contributed by atoms with Gasteiger partial charge < -0.3 is 15.3 Å². The van der Waals surface area contributed by atoms with Crippen molar-refractivity contribution >= 4 is 11.6 Å². The van der Waals surface area contributed by atoms with Crippen LogP contribution < -0.4 is 10.2 Å². The van der Waals surface area contributed by atoms with E-state index in [1.54, 1.807) is 0 Å². The Balaban J connectivity index is 2.26. The van der Waals surface area contributed by atoms with Crippen LogP contribution in [0.1, 0.15) is 12.0 Å². The maximum atomic E-state index is 11.8. The van der Waals surface area contributed by atoms with Crippen molar-refractivity contribution in [3.05, 3.63) is 29.8 Å². The van der Waals surface area contributed by atoms with E-state index in [2.05, 4.69) is 5.32 Å². The normalized spacial score (nSPS) is 20.9. The second-order valence-electron chi connectivity index (χ2n) is 4.37. The van der Waals surface area contributed by atoms with Crippen molar-refractivity contribution in [3.8, 4) is 0 Å². The molecular formula is C13H18N2O2. The second-order valence-corrected chi connectivity index (χ2v) is 4.37. The number of nitrogens with zero attached hydrogens (tertiary/aromatic N) is 1. The van der Waals surface area contributed by atoms with Crippen molar-refractivity contribution in [1.29, 1.82) is 0 Å². The topological polar surface area (TPSA) is 52.6 Å². The number of nitrogens with one attached hydrogen (secondary N) is 1. The molecule has 1 unspecified atom stereocenters. The maximum absolute atomic E-state index is 11.8. The van der Waals surface area contributed by atoms with Crippen LogP contribution in [0.5, 0.6) is 0 Å². The zero-order chi connectivity index (χ0) is 12.3. The van der Waals surface area contributed by atoms with Crippen LogP contribution >= 0.6 is 0 Å². The Labute approximate surface area is 101 Å². The molecule has 1 amide bonds. The molecule has 4 nitrogen and oxygen atoms in total. The van der Waals surface area contributed by atoms with Crippen molar-refractivity contribution in [2.24, 2.45) is 0 Å². The van der Waals surface area contributed by atoms with Gasteiger partial charge in [-0.05, 0) is 25.5 Å². The minimum Gasteiger partial charge on any atom is -0.394 e. The molecule has 0 bridgehead atoms. The summed E-state index contributed by atoms with van der Waals surface area (Å²) in [4.78, 5) is 13.8. The number of hydrogen-bond acceptors (Lipinski definition) is 3. The summed E-state index contributed by atoms with van der Waals surface area (Å²) in [6.45, 7) is 3.34. The molecule has 1 aromatic carbocycles. The number of carbonyl (C=O) groups is 1. The number of aryl methyl sites for hydroxylation is 1. The molecule has 17 heavy (non-hydrogen) atoms. The van der Waals surface area contributed by atoms with Gasteiger partial charge in [0, 0.05) is 18.8 Å². The minimum absolute atomic E-state index is 0.0921. The highest BCUT2D eigenvalue weighted by Gasteiger charge is 2.27. The fourth-order valence-electron chi connectivity index (χ4n) is 2.10. The standard InChI is InChI=1S/C13H18N2O2/c1-10-3-5-11(6-4-10)15-8-2-7-14-13(17)12(15)9-16/h3-6,12,16H,2,7-9H2,1H3,(H,14,17). The molecule has 1 fully saturated rings. The van der Waals surface area contributed by atoms with Gasteiger partial charge in [-0.3, -0.25) is 4.79 Å². The van der Waals surface area contributed by atoms with Crippen molar-refractivity contribution in [2.45, 2.75) is 19.4 Å². The van der Waals surface area contributed by atoms with Gasteiger partial charge in [-0.2, -0.15) is 0 Å². The SMILES string of the molecule is Cc1ccc(N2CCCNC(=O)C2CO)cc1. The molecule has 0 spiro atoms. The first-order chi connectivity index (χ1) is 8.22. The van der Waals surface area contributed by atoms with E-state index in [9.17, 15) is 9.90 Å². The number of benzene rings is 1. The first kappa shape index (κ1) is 11.9. The molecule has 2 N–H and O–H groups in total. The van der Waals surface area contributed by atoms with Gasteiger partial charge in [0.25, 0.3) is 0 Å². The van der Waals surface area contributed by atoms with Crippen LogP contribution in [0, 0.1) is 6.92 Å². The number of anilines is 1. The van der Waals surface area contributed by atoms with Crippen molar-refractivity contribution in [3.63, 3.8) is 0 Å². The van der Waals surface area contributed by atoms with E-state index in [0.29, 0.717) is 6.54 Å². The van der Waals surface area contributed by atoms with Gasteiger partial charge in [0.2, 0.25) is 5.91 Å². The summed E-state index contributed by atoms with van der Waals surface area (Å²) in [5.74, 6) is -0.0921. The lowest BCUT2D eigenvalue weighted by atomic mass is 10.1. The summed E-state index contributed by atoms with van der Waals surface area (Å²) in [5.41, 5.74) is 2.18. The summed E-state index contributed by atoms with van der Waals surface area (Å²) in [7, 11) is 0. The molecule has 4 heteroatoms. The Bertz CT molecular complexity index is 389. The summed E-state index contributed by atoms with van der Waals surface area (Å²) < 4.78 is 0. The van der Waals surface area contributed by atoms with Crippen LogP contribution in [0.25, 0.3) is 0 Å². The molecular weight excluding hydrogens is 216 g/mol. The Kier molecular flexibility index (Phi) is 3.64. The zero-order valence-corrected chi connectivity index (χ0v) is 10.0. The molecule has 1 aromatic rings. The van der Waals surface area contributed by atoms with Crippen LogP contribution in [-0.4, -0.2) is 36.8 Å². The average molecular weight is 234 g/mol. The van der Waals surface area contributed by atoms with E-state index in [0.717, 1.165) is 18.7 Å². The number of aliphatic hydroxyl groups excluding tert-OH is 1. The highest BCUT2D eigenvalue weighted by atomic mass is 16.3. The highest BCUT2D eigenvalue weighted by molar-refractivity contribution is 5.85. The van der Waals surface area contributed by atoms with E-state index in [-0.39, 0.29) is 12.5 Å². The monoisotopic (exact) mass is 234 g/mol. The molecule has 2 rings (SSSR count). The molecule has 0 aliphatic carbocycles. The fourth-order valence-corrected chi connectivity index (χ4v) is 2.10. The Morgan fingerprint density at radius 1 is 1.41 bits per heavy atom. The number of aliphatic hydroxyl groups is 1. The van der Waals surface area contributed by atoms with Crippen LogP contribution in [0.15, 0.2) is 24.3 Å². The number of carbonyl (C=O) groups excluding carboxylic acids is 1. The Morgan fingerprint density at radius 2 is 2.12 bits per heavy atom. The third-order valence-electron chi connectivity index (χ3n) is 3.09. The number of hydrogen-bond donors (Lipinski definition) is 2. The summed E-state index contributed by atoms with van der Waals surface area (Å²) in [5, 5.41) is 12.2. The first-order valence-corrected chi connectivity index (χ1v) is 5.94. The Morgan fingerprint density at radius 3 is 2.76 bits per heavy atom. The van der Waals surface area contributed by atoms with E-state index in [4.69, 9.17) is 0 Å². The molecule has 1 atom stereocenters. The van der Waals surface area contributed by atoms with Crippen molar-refractivity contribution < 1.29 is 9.90 Å². The molecule has 1 saturated heterocycles. The lowest BCUT2D eigenvalue weighted by Crippen LogP contribution is -2.46. The molecule has 0 aromatic heterocycles. The van der Waals surface area contributed by atoms with E-state index < -0.39 is 6.04 Å². The number of rotatable bonds is 2. The van der Waals surface area contributed by atoms with Crippen LogP contribution in [-0.2, 0) is 4.79 Å². The van der Waals surface area contributed by atoms with E-state index in [1.807, 2.05) is 36.1 Å². The van der Waals surface area contributed by atoms with E-state index in [1.165, 1.54) is 5.56 Å². The lowest BCUT2D eigenvalue weighted by molar-refractivity contribution is -0.122. The largest absolute Gasteiger partial charge is 0.394 e. The summed E-state index contributed by atoms with van der Waals surface area (Å²) in [6.07, 6.45) is 0.899. The van der Waals surface area contributed by atoms with Gasteiger partial charge in [0.1, 0.15) is 6.04 Å².